The van der Waals surface area contributed by atoms with E-state index in [0.29, 0.717) is 5.76 Å². The van der Waals surface area contributed by atoms with E-state index < -0.39 is 11.4 Å². The van der Waals surface area contributed by atoms with E-state index in [1.165, 1.54) is 12.2 Å². The van der Waals surface area contributed by atoms with Gasteiger partial charge in [-0.2, -0.15) is 0 Å². The van der Waals surface area contributed by atoms with Gasteiger partial charge in [-0.1, -0.05) is 0 Å². The molecule has 0 aliphatic carbocycles. The van der Waals surface area contributed by atoms with Gasteiger partial charge >= 0.3 is 5.97 Å². The molecule has 0 spiro atoms. The highest BCUT2D eigenvalue weighted by molar-refractivity contribution is 5.91. The Morgan fingerprint density at radius 1 is 1.44 bits per heavy atom. The molecule has 1 amide bonds. The summed E-state index contributed by atoms with van der Waals surface area (Å²) in [5.41, 5.74) is -0.981. The van der Waals surface area contributed by atoms with Crippen molar-refractivity contribution in [3.63, 3.8) is 0 Å². The quantitative estimate of drug-likeness (QED) is 0.782. The monoisotopic (exact) mass is 251 g/mol. The Labute approximate surface area is 105 Å². The Hall–Kier alpha value is -2.04. The highest BCUT2D eigenvalue weighted by Gasteiger charge is 2.27. The lowest BCUT2D eigenvalue weighted by molar-refractivity contribution is -0.146. The number of hydrogen-bond acceptors (Lipinski definition) is 3. The molecule has 0 fully saturated rings. The van der Waals surface area contributed by atoms with E-state index in [1.54, 1.807) is 26.0 Å². The van der Waals surface area contributed by atoms with Crippen molar-refractivity contribution in [3.05, 3.63) is 29.7 Å². The van der Waals surface area contributed by atoms with Gasteiger partial charge in [0.2, 0.25) is 5.91 Å². The molecule has 0 aliphatic rings. The van der Waals surface area contributed by atoms with Crippen LogP contribution in [0.15, 0.2) is 22.6 Å². The van der Waals surface area contributed by atoms with Crippen LogP contribution in [0.2, 0.25) is 0 Å². The van der Waals surface area contributed by atoms with Crippen molar-refractivity contribution in [2.24, 2.45) is 5.41 Å². The average molecular weight is 251 g/mol. The number of amides is 1. The molecular weight excluding hydrogens is 234 g/mol. The number of carbonyl (C=O) groups is 2. The third kappa shape index (κ3) is 4.08. The zero-order chi connectivity index (χ0) is 13.8. The molecule has 0 atom stereocenters. The molecule has 0 bridgehead atoms. The smallest absolute Gasteiger partial charge is 0.310 e. The first-order valence-corrected chi connectivity index (χ1v) is 5.57. The zero-order valence-corrected chi connectivity index (χ0v) is 10.7. The van der Waals surface area contributed by atoms with Gasteiger partial charge in [0.05, 0.1) is 5.41 Å². The van der Waals surface area contributed by atoms with Crippen molar-refractivity contribution in [2.75, 3.05) is 6.54 Å². The minimum atomic E-state index is -0.981. The van der Waals surface area contributed by atoms with Crippen molar-refractivity contribution >= 4 is 18.0 Å². The van der Waals surface area contributed by atoms with Gasteiger partial charge in [0.25, 0.3) is 0 Å². The fourth-order valence-electron chi connectivity index (χ4n) is 1.14. The van der Waals surface area contributed by atoms with Gasteiger partial charge < -0.3 is 14.8 Å². The molecule has 1 aromatic heterocycles. The van der Waals surface area contributed by atoms with Crippen molar-refractivity contribution < 1.29 is 19.1 Å². The first-order chi connectivity index (χ1) is 8.31. The summed E-state index contributed by atoms with van der Waals surface area (Å²) in [6.45, 7) is 4.99. The topological polar surface area (TPSA) is 79.5 Å². The summed E-state index contributed by atoms with van der Waals surface area (Å²) in [6.07, 6.45) is 2.85. The molecule has 0 aromatic carbocycles. The fourth-order valence-corrected chi connectivity index (χ4v) is 1.14. The molecule has 0 saturated heterocycles. The van der Waals surface area contributed by atoms with Crippen molar-refractivity contribution in [3.8, 4) is 0 Å². The van der Waals surface area contributed by atoms with Crippen LogP contribution in [-0.4, -0.2) is 23.5 Å². The molecule has 5 nitrogen and oxygen atoms in total. The van der Waals surface area contributed by atoms with Crippen LogP contribution in [0.25, 0.3) is 6.08 Å². The van der Waals surface area contributed by atoms with E-state index >= 15 is 0 Å². The molecule has 0 radical (unpaired) electrons. The number of carboxylic acid groups (broad SMARTS) is 1. The van der Waals surface area contributed by atoms with Crippen molar-refractivity contribution in [1.82, 2.24) is 5.32 Å². The van der Waals surface area contributed by atoms with E-state index in [-0.39, 0.29) is 12.5 Å². The van der Waals surface area contributed by atoms with Crippen LogP contribution in [-0.2, 0) is 9.59 Å². The molecule has 1 rings (SSSR count). The van der Waals surface area contributed by atoms with Crippen LogP contribution < -0.4 is 5.32 Å². The Balaban J connectivity index is 2.48. The second-order valence-corrected chi connectivity index (χ2v) is 4.69. The molecule has 0 unspecified atom stereocenters. The van der Waals surface area contributed by atoms with E-state index in [4.69, 9.17) is 9.52 Å². The summed E-state index contributed by atoms with van der Waals surface area (Å²) in [5.74, 6) is 0.0500. The molecule has 2 N–H and O–H groups in total. The lowest BCUT2D eigenvalue weighted by atomic mass is 9.94. The maximum Gasteiger partial charge on any atom is 0.310 e. The third-order valence-electron chi connectivity index (χ3n) is 2.44. The van der Waals surface area contributed by atoms with Crippen LogP contribution in [0.1, 0.15) is 25.4 Å². The Morgan fingerprint density at radius 3 is 2.61 bits per heavy atom. The Bertz CT molecular complexity index is 471. The van der Waals surface area contributed by atoms with Crippen LogP contribution in [0.4, 0.5) is 0 Å². The fraction of sp³-hybridized carbons (Fsp3) is 0.385. The van der Waals surface area contributed by atoms with Gasteiger partial charge in [0.1, 0.15) is 11.5 Å². The molecule has 0 aliphatic heterocycles. The second kappa shape index (κ2) is 5.53. The number of carbonyl (C=O) groups excluding carboxylic acids is 1. The molecule has 1 aromatic rings. The number of carboxylic acids is 1. The maximum absolute atomic E-state index is 11.5. The van der Waals surface area contributed by atoms with E-state index in [2.05, 4.69) is 5.32 Å². The lowest BCUT2D eigenvalue weighted by Gasteiger charge is -2.18. The highest BCUT2D eigenvalue weighted by atomic mass is 16.4. The number of rotatable bonds is 5. The maximum atomic E-state index is 11.5. The largest absolute Gasteiger partial charge is 0.481 e. The molecule has 0 saturated carbocycles. The molecule has 98 valence electrons. The van der Waals surface area contributed by atoms with E-state index in [9.17, 15) is 9.59 Å². The predicted molar refractivity (Wildman–Crippen MR) is 66.9 cm³/mol. The van der Waals surface area contributed by atoms with Crippen LogP contribution in [0.3, 0.4) is 0 Å². The average Bonchev–Trinajstić information content (AvgIpc) is 2.69. The number of aryl methyl sites for hydroxylation is 1. The van der Waals surface area contributed by atoms with Crippen molar-refractivity contribution in [2.45, 2.75) is 20.8 Å². The number of nitrogens with one attached hydrogen (secondary N) is 1. The summed E-state index contributed by atoms with van der Waals surface area (Å²) in [7, 11) is 0. The standard InChI is InChI=1S/C13H17NO4/c1-9-4-5-10(18-9)6-7-11(15)14-8-13(2,3)12(16)17/h4-7H,8H2,1-3H3,(H,14,15)(H,16,17)/b7-6+. The van der Waals surface area contributed by atoms with Crippen LogP contribution >= 0.6 is 0 Å². The van der Waals surface area contributed by atoms with Crippen LogP contribution in [0.5, 0.6) is 0 Å². The van der Waals surface area contributed by atoms with Crippen molar-refractivity contribution in [1.29, 1.82) is 0 Å². The van der Waals surface area contributed by atoms with Gasteiger partial charge in [0.15, 0.2) is 0 Å². The van der Waals surface area contributed by atoms with Gasteiger partial charge in [-0.15, -0.1) is 0 Å². The minimum Gasteiger partial charge on any atom is -0.481 e. The molecule has 1 heterocycles. The van der Waals surface area contributed by atoms with E-state index in [0.717, 1.165) is 5.76 Å². The highest BCUT2D eigenvalue weighted by Crippen LogP contribution is 2.13. The molecule has 18 heavy (non-hydrogen) atoms. The van der Waals surface area contributed by atoms with Gasteiger partial charge in [-0.3, -0.25) is 9.59 Å². The molecular formula is C13H17NO4. The summed E-state index contributed by atoms with van der Waals surface area (Å²) in [6, 6.07) is 3.55. The summed E-state index contributed by atoms with van der Waals surface area (Å²) in [5, 5.41) is 11.4. The number of aliphatic carboxylic acids is 1. The third-order valence-corrected chi connectivity index (χ3v) is 2.44. The minimum absolute atomic E-state index is 0.0721. The summed E-state index contributed by atoms with van der Waals surface area (Å²) in [4.78, 5) is 22.3. The summed E-state index contributed by atoms with van der Waals surface area (Å²) < 4.78 is 5.26. The van der Waals surface area contributed by atoms with Gasteiger partial charge in [0, 0.05) is 12.6 Å². The second-order valence-electron chi connectivity index (χ2n) is 4.69. The predicted octanol–water partition coefficient (Wildman–Crippen LogP) is 1.83. The zero-order valence-electron chi connectivity index (χ0n) is 10.7. The Kier molecular flexibility index (Phi) is 4.31. The number of hydrogen-bond donors (Lipinski definition) is 2. The lowest BCUT2D eigenvalue weighted by Crippen LogP contribution is -2.38. The summed E-state index contributed by atoms with van der Waals surface area (Å²) >= 11 is 0. The normalized spacial score (nSPS) is 11.7. The first-order valence-electron chi connectivity index (χ1n) is 5.57. The number of furan rings is 1. The first kappa shape index (κ1) is 14.0. The van der Waals surface area contributed by atoms with E-state index in [1.807, 2.05) is 6.92 Å². The molecule has 5 heteroatoms. The van der Waals surface area contributed by atoms with Gasteiger partial charge in [-0.25, -0.2) is 0 Å². The Morgan fingerprint density at radius 2 is 2.11 bits per heavy atom. The van der Waals surface area contributed by atoms with Gasteiger partial charge in [-0.05, 0) is 39.0 Å². The SMILES string of the molecule is Cc1ccc(/C=C/C(=O)NCC(C)(C)C(=O)O)o1. The van der Waals surface area contributed by atoms with Crippen LogP contribution in [0, 0.1) is 12.3 Å².